The second-order valence-electron chi connectivity index (χ2n) is 22.1. The fourth-order valence-electron chi connectivity index (χ4n) is 11.6. The Kier molecular flexibility index (Phi) is 23.8. The minimum Gasteiger partial charge on any atom is -0.493 e. The molecule has 21 saturated heterocycles. The van der Waals surface area contributed by atoms with Crippen LogP contribution in [0.15, 0.2) is 18.2 Å². The zero-order chi connectivity index (χ0) is 64.6. The van der Waals surface area contributed by atoms with Crippen molar-refractivity contribution >= 4 is 5.97 Å². The molecule has 21 fully saturated rings. The highest BCUT2D eigenvalue weighted by molar-refractivity contribution is 5.90. The summed E-state index contributed by atoms with van der Waals surface area (Å²) in [7, 11) is 2.62. The molecule has 0 aromatic heterocycles. The van der Waals surface area contributed by atoms with Gasteiger partial charge in [0.1, 0.15) is 178 Å². The lowest BCUT2D eigenvalue weighted by molar-refractivity contribution is -0.396. The summed E-state index contributed by atoms with van der Waals surface area (Å²) in [5.41, 5.74) is -0.131. The Morgan fingerprint density at radius 3 is 0.742 bits per heavy atom. The summed E-state index contributed by atoms with van der Waals surface area (Å²) < 4.78 is 96.9. The molecule has 510 valence electrons. The predicted octanol–water partition coefficient (Wildman–Crippen LogP) is -13.3. The molecule has 20 N–H and O–H groups in total. The van der Waals surface area contributed by atoms with Crippen LogP contribution < -0.4 is 9.47 Å². The van der Waals surface area contributed by atoms with E-state index in [0.29, 0.717) is 0 Å². The van der Waals surface area contributed by atoms with Crippen LogP contribution in [0.1, 0.15) is 10.4 Å². The number of carbonyl (C=O) groups is 1. The third kappa shape index (κ3) is 14.2. The van der Waals surface area contributed by atoms with Gasteiger partial charge in [-0.1, -0.05) is 0 Å². The lowest BCUT2D eigenvalue weighted by atomic mass is 9.95. The molecule has 89 heavy (non-hydrogen) atoms. The number of esters is 1. The minimum absolute atomic E-state index is 0.0942. The molecule has 0 spiro atoms. The number of methoxy groups -OCH3 is 2. The maximum absolute atomic E-state index is 13.6. The van der Waals surface area contributed by atoms with Crippen LogP contribution >= 0.6 is 0 Å². The van der Waals surface area contributed by atoms with Gasteiger partial charge in [0.2, 0.25) is 0 Å². The Hall–Kier alpha value is -3.07. The summed E-state index contributed by atoms with van der Waals surface area (Å²) in [6, 6.07) is 3.90. The van der Waals surface area contributed by atoms with Gasteiger partial charge in [0, 0.05) is 0 Å². The van der Waals surface area contributed by atoms with E-state index in [9.17, 15) is 107 Å². The van der Waals surface area contributed by atoms with Crippen molar-refractivity contribution in [2.45, 2.75) is 215 Å². The zero-order valence-electron chi connectivity index (χ0n) is 47.2. The Morgan fingerprint density at radius 1 is 0.315 bits per heavy atom. The van der Waals surface area contributed by atoms with Crippen LogP contribution in [-0.2, 0) is 71.1 Å². The van der Waals surface area contributed by atoms with Gasteiger partial charge in [0.05, 0.1) is 59.4 Å². The minimum atomic E-state index is -2.31. The maximum atomic E-state index is 13.6. The monoisotopic (exact) mass is 1300 g/mol. The molecule has 21 aliphatic rings. The van der Waals surface area contributed by atoms with Crippen molar-refractivity contribution in [3.05, 3.63) is 23.8 Å². The van der Waals surface area contributed by atoms with E-state index in [1.807, 2.05) is 0 Å². The van der Waals surface area contributed by atoms with Gasteiger partial charge in [-0.25, -0.2) is 4.79 Å². The third-order valence-corrected chi connectivity index (χ3v) is 16.6. The van der Waals surface area contributed by atoms with Gasteiger partial charge in [0.25, 0.3) is 0 Å². The van der Waals surface area contributed by atoms with E-state index in [1.54, 1.807) is 0 Å². The number of aliphatic hydroxyl groups excluding tert-OH is 20. The molecule has 21 heterocycles. The van der Waals surface area contributed by atoms with Crippen molar-refractivity contribution < 1.29 is 187 Å². The van der Waals surface area contributed by atoms with Gasteiger partial charge < -0.3 is 183 Å². The highest BCUT2D eigenvalue weighted by Crippen LogP contribution is 2.39. The zero-order valence-corrected chi connectivity index (χ0v) is 47.2. The Bertz CT molecular complexity index is 2390. The molecule has 0 unspecified atom stereocenters. The molecule has 1 aromatic rings. The van der Waals surface area contributed by atoms with Gasteiger partial charge in [0.15, 0.2) is 55.5 Å². The topological polar surface area (TPSA) is 579 Å². The fraction of sp³-hybridized carbons (Fsp3) is 0.863. The largest absolute Gasteiger partial charge is 0.493 e. The average molecular weight is 1300 g/mol. The second kappa shape index (κ2) is 30.1. The molecule has 1 aromatic carbocycles. The lowest BCUT2D eigenvalue weighted by Gasteiger charge is -2.50. The van der Waals surface area contributed by atoms with Crippen molar-refractivity contribution in [1.29, 1.82) is 0 Å². The average Bonchev–Trinajstić information content (AvgIpc) is 1.11. The molecule has 0 aliphatic carbocycles. The standard InChI is InChI=1S/C51H78O38/c1-73-14-4-3-13(5-15(14)74-2)44(72)75-12-22-43-29(64)36(71)51(82-22)88-42-21(11-57)80-49(34(69)27(42)62)86-40-19(9-55)78-47(32(67)25(40)60)84-38-17(7-53)76-45(30(65)23(38)58)83-37-16(6-52)77-46(31(66)24(37)59)85-39-18(8-54)79-48(33(68)26(39)61)87-41-20(10-56)81-50(89-43)35(70)28(41)63/h3-5,16-43,45-71H,6-12H2,1-2H3/t16-,17-,18-,19-,20-,21-,22-,23-,24-,25-,26-,27-,28-,29-,30-,31-,32-,33-,34-,35-,36-,37-,38-,39-,40-,41-,42-,43-,45-,46-,47-,48-,49-,50-,51-/m1/s1. The predicted molar refractivity (Wildman–Crippen MR) is 271 cm³/mol. The van der Waals surface area contributed by atoms with Crippen molar-refractivity contribution in [2.75, 3.05) is 60.5 Å². The molecule has 35 atom stereocenters. The van der Waals surface area contributed by atoms with Gasteiger partial charge in [-0.05, 0) is 18.2 Å². The summed E-state index contributed by atoms with van der Waals surface area (Å²) in [4.78, 5) is 13.6. The van der Waals surface area contributed by atoms with E-state index in [1.165, 1.54) is 32.4 Å². The second-order valence-corrected chi connectivity index (χ2v) is 22.1. The van der Waals surface area contributed by atoms with Gasteiger partial charge >= 0.3 is 5.97 Å². The fourth-order valence-corrected chi connectivity index (χ4v) is 11.6. The quantitative estimate of drug-likeness (QED) is 0.0915. The van der Waals surface area contributed by atoms with Gasteiger partial charge in [-0.2, -0.15) is 0 Å². The van der Waals surface area contributed by atoms with Crippen LogP contribution in [0, 0.1) is 0 Å². The first-order valence-electron chi connectivity index (χ1n) is 28.2. The summed E-state index contributed by atoms with van der Waals surface area (Å²) >= 11 is 0. The Balaban J connectivity index is 1.02. The number of ether oxygens (including phenoxy) is 17. The van der Waals surface area contributed by atoms with Crippen LogP contribution in [0.4, 0.5) is 0 Å². The highest BCUT2D eigenvalue weighted by Gasteiger charge is 2.60. The van der Waals surface area contributed by atoms with E-state index >= 15 is 0 Å². The van der Waals surface area contributed by atoms with Crippen molar-refractivity contribution in [3.8, 4) is 11.5 Å². The molecule has 38 nitrogen and oxygen atoms in total. The van der Waals surface area contributed by atoms with E-state index in [2.05, 4.69) is 0 Å². The summed E-state index contributed by atoms with van der Waals surface area (Å²) in [6.07, 6.45) is -72.2. The number of rotatable bonds is 11. The summed E-state index contributed by atoms with van der Waals surface area (Å²) in [5.74, 6) is -0.753. The maximum Gasteiger partial charge on any atom is 0.338 e. The molecule has 0 radical (unpaired) electrons. The first-order valence-corrected chi connectivity index (χ1v) is 28.2. The smallest absolute Gasteiger partial charge is 0.338 e. The van der Waals surface area contributed by atoms with Crippen LogP contribution in [0.2, 0.25) is 0 Å². The molecule has 0 amide bonds. The van der Waals surface area contributed by atoms with E-state index in [4.69, 9.17) is 80.5 Å². The van der Waals surface area contributed by atoms with Crippen LogP contribution in [0.3, 0.4) is 0 Å². The molecule has 21 aliphatic heterocycles. The summed E-state index contributed by atoms with van der Waals surface area (Å²) in [6.45, 7) is -7.42. The summed E-state index contributed by atoms with van der Waals surface area (Å²) in [5, 5.41) is 224. The van der Waals surface area contributed by atoms with E-state index < -0.39 is 267 Å². The van der Waals surface area contributed by atoms with E-state index in [-0.39, 0.29) is 17.1 Å². The third-order valence-electron chi connectivity index (χ3n) is 16.6. The van der Waals surface area contributed by atoms with Crippen molar-refractivity contribution in [2.24, 2.45) is 0 Å². The number of aliphatic hydroxyl groups is 20. The SMILES string of the molecule is COc1ccc(C(=O)OC[C@H]2O[C@@H]3O[C@H]4[C@H](O)[C@@H](O)[C@@H](O[C@H]5[C@H](O)[C@@H](O)[C@@H](O[C@H]6[C@H](O)[C@@H](O)[C@@H](O[C@H]7[C@H](O)[C@@H](O)[C@@H](O[C@H]8[C@H](O)[C@@H](O)[C@@H](O[C@H]9[C@H](O)[C@@H](O)[C@@H](O[C@H]2[C@H](O)[C@H]3O)O[C@@H]9CO)O[C@@H]8CO)O[C@@H]7CO)O[C@@H]6CO)O[C@@H]5CO)O[C@@H]4CO)cc1OC. The number of hydrogen-bond acceptors (Lipinski definition) is 38. The highest BCUT2D eigenvalue weighted by atomic mass is 16.8. The van der Waals surface area contributed by atoms with E-state index in [0.717, 1.165) is 0 Å². The molecule has 22 rings (SSSR count). The number of carbonyl (C=O) groups excluding carboxylic acids is 1. The first-order chi connectivity index (χ1) is 42.5. The van der Waals surface area contributed by atoms with Gasteiger partial charge in [-0.15, -0.1) is 0 Å². The van der Waals surface area contributed by atoms with Crippen molar-refractivity contribution in [1.82, 2.24) is 0 Å². The molecular formula is C51H78O38. The van der Waals surface area contributed by atoms with Gasteiger partial charge in [-0.3, -0.25) is 0 Å². The van der Waals surface area contributed by atoms with Crippen LogP contribution in [-0.4, -0.2) is 384 Å². The number of benzene rings is 1. The Morgan fingerprint density at radius 2 is 0.528 bits per heavy atom. The molecule has 0 saturated carbocycles. The van der Waals surface area contributed by atoms with Crippen LogP contribution in [0.5, 0.6) is 11.5 Å². The first kappa shape index (κ1) is 70.3. The molecule has 38 heteroatoms. The van der Waals surface area contributed by atoms with Crippen LogP contribution in [0.25, 0.3) is 0 Å². The van der Waals surface area contributed by atoms with Crippen molar-refractivity contribution in [3.63, 3.8) is 0 Å². The molecular weight excluding hydrogens is 1220 g/mol. The Labute approximate surface area is 503 Å². The number of hydrogen-bond donors (Lipinski definition) is 20. The lowest BCUT2D eigenvalue weighted by Crippen LogP contribution is -2.68. The molecule has 14 bridgehead atoms. The normalized spacial score (nSPS) is 49.3.